The summed E-state index contributed by atoms with van der Waals surface area (Å²) in [5, 5.41) is 0. The Hall–Kier alpha value is -1.51. The van der Waals surface area contributed by atoms with Gasteiger partial charge in [-0.2, -0.15) is 0 Å². The van der Waals surface area contributed by atoms with E-state index in [1.807, 2.05) is 19.1 Å². The van der Waals surface area contributed by atoms with Gasteiger partial charge in [0, 0.05) is 6.92 Å². The van der Waals surface area contributed by atoms with Crippen molar-refractivity contribution in [2.45, 2.75) is 124 Å². The molecular weight excluding hydrogens is 372 g/mol. The van der Waals surface area contributed by atoms with E-state index in [4.69, 9.17) is 9.47 Å². The van der Waals surface area contributed by atoms with Gasteiger partial charge in [0.15, 0.2) is 0 Å². The summed E-state index contributed by atoms with van der Waals surface area (Å²) in [6.45, 7) is 10.4. The van der Waals surface area contributed by atoms with Crippen LogP contribution in [-0.2, 0) is 11.2 Å². The highest BCUT2D eigenvalue weighted by Gasteiger charge is 2.32. The van der Waals surface area contributed by atoms with E-state index in [0.717, 1.165) is 42.1 Å². The van der Waals surface area contributed by atoms with Crippen LogP contribution in [0.1, 0.15) is 116 Å². The van der Waals surface area contributed by atoms with Crippen LogP contribution in [0.2, 0.25) is 0 Å². The van der Waals surface area contributed by atoms with Gasteiger partial charge < -0.3 is 9.47 Å². The van der Waals surface area contributed by atoms with Crippen molar-refractivity contribution in [2.75, 3.05) is 0 Å². The van der Waals surface area contributed by atoms with Crippen LogP contribution in [-0.4, -0.2) is 11.6 Å². The summed E-state index contributed by atoms with van der Waals surface area (Å²) in [5.41, 5.74) is 2.15. The molecule has 0 spiro atoms. The minimum absolute atomic E-state index is 0.0723. The summed E-state index contributed by atoms with van der Waals surface area (Å²) in [7, 11) is 0. The lowest BCUT2D eigenvalue weighted by Gasteiger charge is -2.37. The lowest BCUT2D eigenvalue weighted by molar-refractivity contribution is -0.131. The fourth-order valence-electron chi connectivity index (χ4n) is 4.53. The first-order valence-corrected chi connectivity index (χ1v) is 12.3. The number of hydrogen-bond acceptors (Lipinski definition) is 3. The second-order valence-electron chi connectivity index (χ2n) is 9.99. The number of hydrogen-bond donors (Lipinski definition) is 0. The number of unbranched alkanes of at least 4 members (excludes halogenated alkanes) is 8. The summed E-state index contributed by atoms with van der Waals surface area (Å²) >= 11 is 0. The van der Waals surface area contributed by atoms with Gasteiger partial charge >= 0.3 is 5.97 Å². The molecule has 3 nitrogen and oxygen atoms in total. The van der Waals surface area contributed by atoms with Crippen molar-refractivity contribution in [1.82, 2.24) is 0 Å². The zero-order valence-electron chi connectivity index (χ0n) is 20.1. The fraction of sp³-hybridized carbons (Fsp3) is 0.741. The van der Waals surface area contributed by atoms with Gasteiger partial charge in [0.1, 0.15) is 17.1 Å². The quantitative estimate of drug-likeness (QED) is 0.186. The van der Waals surface area contributed by atoms with Gasteiger partial charge in [0.2, 0.25) is 0 Å². The van der Waals surface area contributed by atoms with Gasteiger partial charge in [0.25, 0.3) is 0 Å². The molecule has 0 radical (unpaired) electrons. The Morgan fingerprint density at radius 1 is 1.03 bits per heavy atom. The fourth-order valence-corrected chi connectivity index (χ4v) is 4.53. The highest BCUT2D eigenvalue weighted by Crippen LogP contribution is 2.40. The maximum Gasteiger partial charge on any atom is 0.308 e. The molecular formula is C27H44O3. The number of carbonyl (C=O) groups excluding carboxylic acids is 1. The standard InChI is InChI=1S/C27H44O3/c1-21(2)15-13-11-9-7-6-8-10-12-14-17-27(5)18-16-24-20-25(29-23(4)28)19-22(3)26(24)30-27/h19-21H,6-18H2,1-5H3/t27-/m1/s1. The Morgan fingerprint density at radius 2 is 1.63 bits per heavy atom. The molecule has 1 heterocycles. The predicted octanol–water partition coefficient (Wildman–Crippen LogP) is 7.95. The van der Waals surface area contributed by atoms with E-state index < -0.39 is 0 Å². The molecule has 0 saturated heterocycles. The first-order chi connectivity index (χ1) is 14.3. The van der Waals surface area contributed by atoms with Gasteiger partial charge in [-0.15, -0.1) is 0 Å². The van der Waals surface area contributed by atoms with Gasteiger partial charge in [-0.3, -0.25) is 4.79 Å². The molecule has 2 rings (SSSR count). The number of benzene rings is 1. The molecule has 1 aromatic rings. The average molecular weight is 417 g/mol. The highest BCUT2D eigenvalue weighted by atomic mass is 16.5. The van der Waals surface area contributed by atoms with Crippen LogP contribution in [0.25, 0.3) is 0 Å². The van der Waals surface area contributed by atoms with E-state index in [1.54, 1.807) is 0 Å². The van der Waals surface area contributed by atoms with E-state index in [2.05, 4.69) is 20.8 Å². The molecule has 0 saturated carbocycles. The monoisotopic (exact) mass is 416 g/mol. The van der Waals surface area contributed by atoms with Crippen molar-refractivity contribution in [1.29, 1.82) is 0 Å². The summed E-state index contributed by atoms with van der Waals surface area (Å²) < 4.78 is 11.7. The third-order valence-electron chi connectivity index (χ3n) is 6.35. The zero-order valence-corrected chi connectivity index (χ0v) is 20.1. The molecule has 0 unspecified atom stereocenters. The number of ether oxygens (including phenoxy) is 2. The lowest BCUT2D eigenvalue weighted by Crippen LogP contribution is -2.36. The molecule has 0 amide bonds. The Labute approximate surface area is 184 Å². The SMILES string of the molecule is CC(=O)Oc1cc(C)c2c(c1)CC[C@@](C)(CCCCCCCCCCCC(C)C)O2. The average Bonchev–Trinajstić information content (AvgIpc) is 2.66. The van der Waals surface area contributed by atoms with E-state index >= 15 is 0 Å². The van der Waals surface area contributed by atoms with Gasteiger partial charge in [0.05, 0.1) is 0 Å². The van der Waals surface area contributed by atoms with E-state index in [0.29, 0.717) is 5.75 Å². The minimum Gasteiger partial charge on any atom is -0.487 e. The third-order valence-corrected chi connectivity index (χ3v) is 6.35. The molecule has 1 aromatic carbocycles. The minimum atomic E-state index is -0.276. The second-order valence-corrected chi connectivity index (χ2v) is 9.99. The summed E-state index contributed by atoms with van der Waals surface area (Å²) in [6, 6.07) is 3.88. The Bertz CT molecular complexity index is 664. The Morgan fingerprint density at radius 3 is 2.23 bits per heavy atom. The summed E-state index contributed by atoms with van der Waals surface area (Å²) in [4.78, 5) is 11.2. The van der Waals surface area contributed by atoms with Crippen LogP contribution in [0.15, 0.2) is 12.1 Å². The molecule has 1 aliphatic heterocycles. The van der Waals surface area contributed by atoms with Crippen LogP contribution in [0.5, 0.6) is 11.5 Å². The van der Waals surface area contributed by atoms with Crippen molar-refractivity contribution in [3.05, 3.63) is 23.3 Å². The summed E-state index contributed by atoms with van der Waals surface area (Å²) in [5.74, 6) is 2.21. The maximum absolute atomic E-state index is 11.2. The molecule has 1 aliphatic rings. The third kappa shape index (κ3) is 8.70. The first-order valence-electron chi connectivity index (χ1n) is 12.3. The van der Waals surface area contributed by atoms with Gasteiger partial charge in [-0.25, -0.2) is 0 Å². The molecule has 1 atom stereocenters. The van der Waals surface area contributed by atoms with Crippen molar-refractivity contribution >= 4 is 5.97 Å². The van der Waals surface area contributed by atoms with Crippen LogP contribution in [0.3, 0.4) is 0 Å². The largest absolute Gasteiger partial charge is 0.487 e. The first kappa shape index (κ1) is 24.8. The zero-order chi connectivity index (χ0) is 22.0. The van der Waals surface area contributed by atoms with Crippen LogP contribution >= 0.6 is 0 Å². The Kier molecular flexibility index (Phi) is 10.2. The number of fused-ring (bicyclic) bond motifs is 1. The molecule has 0 aromatic heterocycles. The predicted molar refractivity (Wildman–Crippen MR) is 125 cm³/mol. The second kappa shape index (κ2) is 12.4. The summed E-state index contributed by atoms with van der Waals surface area (Å²) in [6.07, 6.45) is 16.8. The normalized spacial score (nSPS) is 18.2. The molecule has 170 valence electrons. The maximum atomic E-state index is 11.2. The highest BCUT2D eigenvalue weighted by molar-refractivity contribution is 5.69. The molecule has 0 bridgehead atoms. The topological polar surface area (TPSA) is 35.5 Å². The molecule has 0 N–H and O–H groups in total. The number of rotatable bonds is 13. The van der Waals surface area contributed by atoms with Crippen LogP contribution < -0.4 is 9.47 Å². The van der Waals surface area contributed by atoms with Crippen molar-refractivity contribution in [3.63, 3.8) is 0 Å². The van der Waals surface area contributed by atoms with Crippen molar-refractivity contribution in [3.8, 4) is 11.5 Å². The van der Waals surface area contributed by atoms with E-state index in [-0.39, 0.29) is 11.6 Å². The molecule has 0 fully saturated rings. The van der Waals surface area contributed by atoms with Crippen LogP contribution in [0.4, 0.5) is 0 Å². The van der Waals surface area contributed by atoms with Crippen LogP contribution in [0, 0.1) is 12.8 Å². The van der Waals surface area contributed by atoms with E-state index in [9.17, 15) is 4.79 Å². The van der Waals surface area contributed by atoms with Gasteiger partial charge in [-0.1, -0.05) is 71.6 Å². The van der Waals surface area contributed by atoms with Crippen molar-refractivity contribution < 1.29 is 14.3 Å². The molecule has 3 heteroatoms. The van der Waals surface area contributed by atoms with E-state index in [1.165, 1.54) is 71.1 Å². The molecule has 30 heavy (non-hydrogen) atoms. The number of aryl methyl sites for hydroxylation is 2. The number of esters is 1. The smallest absolute Gasteiger partial charge is 0.308 e. The Balaban J connectivity index is 1.63. The van der Waals surface area contributed by atoms with Gasteiger partial charge in [-0.05, 0) is 68.7 Å². The number of carbonyl (C=O) groups is 1. The lowest BCUT2D eigenvalue weighted by atomic mass is 9.87. The van der Waals surface area contributed by atoms with Crippen molar-refractivity contribution in [2.24, 2.45) is 5.92 Å². The molecule has 0 aliphatic carbocycles.